The first-order valence-electron chi connectivity index (χ1n) is 5.50. The Morgan fingerprint density at radius 1 is 1.40 bits per heavy atom. The molecule has 1 aliphatic rings. The van der Waals surface area contributed by atoms with Crippen LogP contribution >= 0.6 is 11.3 Å². The summed E-state index contributed by atoms with van der Waals surface area (Å²) >= 11 is 0.803. The molecule has 0 bridgehead atoms. The average molecular weight is 340 g/mol. The van der Waals surface area contributed by atoms with Gasteiger partial charge in [-0.05, 0) is 0 Å². The zero-order chi connectivity index (χ0) is 15.0. The molecule has 0 N–H and O–H groups in total. The quantitative estimate of drug-likeness (QED) is 0.672. The number of methoxy groups -OCH3 is 1. The lowest BCUT2D eigenvalue weighted by Gasteiger charge is -2.25. The van der Waals surface area contributed by atoms with E-state index in [1.54, 1.807) is 0 Å². The minimum Gasteiger partial charge on any atom is -0.464 e. The Morgan fingerprint density at radius 2 is 2.00 bits per heavy atom. The molecule has 1 aliphatic heterocycles. The van der Waals surface area contributed by atoms with Crippen molar-refractivity contribution in [3.8, 4) is 0 Å². The number of hydrogen-bond acceptors (Lipinski definition) is 8. The van der Waals surface area contributed by atoms with E-state index in [0.29, 0.717) is 0 Å². The molecule has 0 saturated carbocycles. The van der Waals surface area contributed by atoms with E-state index in [0.717, 1.165) is 22.8 Å². The summed E-state index contributed by atoms with van der Waals surface area (Å²) in [5.41, 5.74) is 0.964. The molecule has 2 rings (SSSR count). The summed E-state index contributed by atoms with van der Waals surface area (Å²) in [7, 11) is -5.99. The van der Waals surface area contributed by atoms with Gasteiger partial charge in [0.25, 0.3) is 10.0 Å². The fraction of sp³-hybridized carbons (Fsp3) is 0.556. The molecule has 0 aromatic carbocycles. The third kappa shape index (κ3) is 2.85. The molecule has 0 atom stereocenters. The van der Waals surface area contributed by atoms with Crippen LogP contribution in [0, 0.1) is 0 Å². The zero-order valence-corrected chi connectivity index (χ0v) is 12.9. The number of rotatable bonds is 3. The predicted octanol–water partition coefficient (Wildman–Crippen LogP) is -0.651. The number of hydrogen-bond donors (Lipinski definition) is 0. The standard InChI is InChI=1S/C9H12N2O6S3/c1-17-8(12)7-9(18-6-10-7)20(15,16)11-2-4-19(13,14)5-3-11/h6H,2-5H2,1H3. The monoisotopic (exact) mass is 340 g/mol. The van der Waals surface area contributed by atoms with Gasteiger partial charge in [0.1, 0.15) is 0 Å². The van der Waals surface area contributed by atoms with Crippen molar-refractivity contribution >= 4 is 37.2 Å². The highest BCUT2D eigenvalue weighted by atomic mass is 32.2. The number of sulfonamides is 1. The van der Waals surface area contributed by atoms with Crippen LogP contribution in [0.3, 0.4) is 0 Å². The van der Waals surface area contributed by atoms with Crippen molar-refractivity contribution in [2.75, 3.05) is 31.7 Å². The van der Waals surface area contributed by atoms with Crippen LogP contribution in [0.25, 0.3) is 0 Å². The Kier molecular flexibility index (Phi) is 4.14. The molecule has 1 fully saturated rings. The molecule has 20 heavy (non-hydrogen) atoms. The number of carbonyl (C=O) groups is 1. The number of ether oxygens (including phenoxy) is 1. The van der Waals surface area contributed by atoms with Crippen LogP contribution in [0.2, 0.25) is 0 Å². The summed E-state index contributed by atoms with van der Waals surface area (Å²) in [5.74, 6) is -1.29. The molecule has 0 radical (unpaired) electrons. The van der Waals surface area contributed by atoms with E-state index in [1.807, 2.05) is 0 Å². The molecule has 11 heteroatoms. The van der Waals surface area contributed by atoms with Crippen molar-refractivity contribution in [2.24, 2.45) is 0 Å². The van der Waals surface area contributed by atoms with Crippen LogP contribution in [0.1, 0.15) is 10.5 Å². The van der Waals surface area contributed by atoms with Gasteiger partial charge in [-0.15, -0.1) is 11.3 Å². The van der Waals surface area contributed by atoms with E-state index in [9.17, 15) is 21.6 Å². The topological polar surface area (TPSA) is 111 Å². The van der Waals surface area contributed by atoms with Gasteiger partial charge in [-0.2, -0.15) is 4.31 Å². The molecule has 8 nitrogen and oxygen atoms in total. The van der Waals surface area contributed by atoms with E-state index >= 15 is 0 Å². The van der Waals surface area contributed by atoms with Gasteiger partial charge in [0.05, 0.1) is 24.1 Å². The molecular formula is C9H12N2O6S3. The van der Waals surface area contributed by atoms with E-state index in [1.165, 1.54) is 5.51 Å². The van der Waals surface area contributed by atoms with Crippen molar-refractivity contribution in [3.63, 3.8) is 0 Å². The fourth-order valence-electron chi connectivity index (χ4n) is 1.70. The van der Waals surface area contributed by atoms with Crippen molar-refractivity contribution in [3.05, 3.63) is 11.2 Å². The first-order chi connectivity index (χ1) is 9.28. The number of sulfone groups is 1. The third-order valence-corrected chi connectivity index (χ3v) is 7.65. The Hall–Kier alpha value is -1.04. The number of aromatic nitrogens is 1. The molecule has 0 aliphatic carbocycles. The molecule has 0 amide bonds. The summed E-state index contributed by atoms with van der Waals surface area (Å²) in [6.45, 7) is -0.244. The second-order valence-electron chi connectivity index (χ2n) is 4.04. The van der Waals surface area contributed by atoms with Gasteiger partial charge < -0.3 is 4.74 Å². The zero-order valence-electron chi connectivity index (χ0n) is 10.5. The van der Waals surface area contributed by atoms with E-state index in [-0.39, 0.29) is 34.5 Å². The van der Waals surface area contributed by atoms with Crippen LogP contribution < -0.4 is 0 Å². The number of esters is 1. The minimum absolute atomic E-state index is 0.122. The minimum atomic E-state index is -3.93. The Bertz CT molecular complexity index is 707. The normalized spacial score (nSPS) is 19.6. The molecule has 0 unspecified atom stereocenters. The summed E-state index contributed by atoms with van der Waals surface area (Å²) in [5, 5.41) is 0. The number of nitrogens with zero attached hydrogens (tertiary/aromatic N) is 2. The van der Waals surface area contributed by atoms with Crippen molar-refractivity contribution in [1.29, 1.82) is 0 Å². The molecule has 2 heterocycles. The highest BCUT2D eigenvalue weighted by molar-refractivity contribution is 7.92. The van der Waals surface area contributed by atoms with E-state index < -0.39 is 25.8 Å². The van der Waals surface area contributed by atoms with Crippen molar-refractivity contribution in [1.82, 2.24) is 9.29 Å². The number of carbonyl (C=O) groups excluding carboxylic acids is 1. The largest absolute Gasteiger partial charge is 0.464 e. The van der Waals surface area contributed by atoms with Crippen LogP contribution in [-0.2, 0) is 24.6 Å². The maximum atomic E-state index is 12.4. The Morgan fingerprint density at radius 3 is 2.55 bits per heavy atom. The van der Waals surface area contributed by atoms with Crippen LogP contribution in [0.5, 0.6) is 0 Å². The maximum absolute atomic E-state index is 12.4. The second-order valence-corrected chi connectivity index (χ2v) is 9.33. The first-order valence-corrected chi connectivity index (χ1v) is 9.64. The third-order valence-electron chi connectivity index (χ3n) is 2.79. The first kappa shape index (κ1) is 15.4. The smallest absolute Gasteiger partial charge is 0.358 e. The van der Waals surface area contributed by atoms with Gasteiger partial charge in [0.2, 0.25) is 0 Å². The average Bonchev–Trinajstić information content (AvgIpc) is 2.87. The van der Waals surface area contributed by atoms with Crippen molar-refractivity contribution in [2.45, 2.75) is 4.21 Å². The van der Waals surface area contributed by atoms with Gasteiger partial charge >= 0.3 is 5.97 Å². The molecule has 1 saturated heterocycles. The molecule has 112 valence electrons. The van der Waals surface area contributed by atoms with Crippen LogP contribution in [0.4, 0.5) is 0 Å². The lowest BCUT2D eigenvalue weighted by atomic mass is 10.5. The molecule has 1 aromatic rings. The van der Waals surface area contributed by atoms with Crippen LogP contribution in [0.15, 0.2) is 9.72 Å². The highest BCUT2D eigenvalue weighted by Gasteiger charge is 2.35. The van der Waals surface area contributed by atoms with E-state index in [2.05, 4.69) is 9.72 Å². The number of thiazole rings is 1. The Balaban J connectivity index is 2.33. The summed E-state index contributed by atoms with van der Waals surface area (Å²) in [6.07, 6.45) is 0. The maximum Gasteiger partial charge on any atom is 0.358 e. The molecule has 1 aromatic heterocycles. The van der Waals surface area contributed by atoms with Gasteiger partial charge in [-0.1, -0.05) is 0 Å². The van der Waals surface area contributed by atoms with Gasteiger partial charge in [0, 0.05) is 13.1 Å². The van der Waals surface area contributed by atoms with Crippen molar-refractivity contribution < 1.29 is 26.4 Å². The lowest BCUT2D eigenvalue weighted by molar-refractivity contribution is 0.0590. The lowest BCUT2D eigenvalue weighted by Crippen LogP contribution is -2.43. The second kappa shape index (κ2) is 5.39. The van der Waals surface area contributed by atoms with Gasteiger partial charge in [0.15, 0.2) is 19.7 Å². The SMILES string of the molecule is COC(=O)c1ncsc1S(=O)(=O)N1CCS(=O)(=O)CC1. The summed E-state index contributed by atoms with van der Waals surface area (Å²) in [4.78, 5) is 15.2. The fourth-order valence-corrected chi connectivity index (χ4v) is 5.85. The molecule has 0 spiro atoms. The van der Waals surface area contributed by atoms with Gasteiger partial charge in [-0.3, -0.25) is 0 Å². The predicted molar refractivity (Wildman–Crippen MR) is 70.9 cm³/mol. The summed E-state index contributed by atoms with van der Waals surface area (Å²) in [6, 6.07) is 0. The summed E-state index contributed by atoms with van der Waals surface area (Å²) < 4.78 is 52.7. The van der Waals surface area contributed by atoms with Gasteiger partial charge in [-0.25, -0.2) is 26.6 Å². The Labute approximate surface area is 120 Å². The molecular weight excluding hydrogens is 328 g/mol. The van der Waals surface area contributed by atoms with E-state index in [4.69, 9.17) is 0 Å². The van der Waals surface area contributed by atoms with Crippen LogP contribution in [-0.4, -0.2) is 63.8 Å². The highest BCUT2D eigenvalue weighted by Crippen LogP contribution is 2.25.